The van der Waals surface area contributed by atoms with Crippen molar-refractivity contribution in [2.24, 2.45) is 22.7 Å². The van der Waals surface area contributed by atoms with Crippen LogP contribution in [-0.2, 0) is 28.6 Å². The van der Waals surface area contributed by atoms with E-state index in [0.29, 0.717) is 18.4 Å². The third kappa shape index (κ3) is 5.80. The van der Waals surface area contributed by atoms with Gasteiger partial charge in [0.05, 0.1) is 17.9 Å². The number of fused-ring (bicyclic) bond motifs is 1. The van der Waals surface area contributed by atoms with Crippen LogP contribution >= 0.6 is 0 Å². The van der Waals surface area contributed by atoms with Gasteiger partial charge in [0.25, 0.3) is 0 Å². The fraction of sp³-hybridized carbons (Fsp3) is 0.586. The number of ether oxygens (including phenoxy) is 3. The number of amides is 1. The molecule has 0 saturated heterocycles. The van der Waals surface area contributed by atoms with Crippen molar-refractivity contribution in [1.29, 1.82) is 0 Å². The molecule has 39 heavy (non-hydrogen) atoms. The Kier molecular flexibility index (Phi) is 8.34. The first kappa shape index (κ1) is 28.6. The molecule has 2 N–H and O–H groups in total. The van der Waals surface area contributed by atoms with E-state index in [1.165, 1.54) is 20.1 Å². The van der Waals surface area contributed by atoms with Crippen LogP contribution in [0.1, 0.15) is 70.4 Å². The third-order valence-corrected chi connectivity index (χ3v) is 8.92. The molecular formula is C29H38N2O8. The number of rotatable bonds is 9. The van der Waals surface area contributed by atoms with Gasteiger partial charge in [-0.05, 0) is 67.6 Å². The second kappa shape index (κ2) is 11.4. The number of cyclic esters (lactones) is 1. The fourth-order valence-electron chi connectivity index (χ4n) is 7.03. The minimum absolute atomic E-state index is 0.0424. The standard InChI is InChI=1S/C29H38N2O8/c1-17-8-9-24-28(4,12-10-25(39-19(3)33)29(24,5)16-38-18(2)32)21(17)15-22(20-11-14-37-27(20)35)30-31-26(34)23-7-6-13-36-23/h6-7,11,13,21-22,24-25,30H,1,8-10,12,14-16H2,2-5H3,(H,31,34)/t21-,22+,24+,25-,28+,29+/m1/s1. The van der Waals surface area contributed by atoms with Crippen LogP contribution in [0, 0.1) is 22.7 Å². The summed E-state index contributed by atoms with van der Waals surface area (Å²) in [6, 6.07) is 2.63. The van der Waals surface area contributed by atoms with Crippen LogP contribution in [0.5, 0.6) is 0 Å². The maximum absolute atomic E-state index is 12.6. The average molecular weight is 543 g/mol. The molecule has 4 rings (SSSR count). The van der Waals surface area contributed by atoms with Gasteiger partial charge in [-0.3, -0.25) is 19.8 Å². The SMILES string of the molecule is C=C1CC[C@@H]2[C@](C)(COC(C)=O)[C@H](OC(C)=O)CC[C@@]2(C)[C@@H]1C[C@H](NNC(=O)c1ccco1)C1=CCOC1=O. The number of carbonyl (C=O) groups is 4. The summed E-state index contributed by atoms with van der Waals surface area (Å²) in [7, 11) is 0. The third-order valence-electron chi connectivity index (χ3n) is 8.92. The zero-order chi connectivity index (χ0) is 28.4. The number of furan rings is 1. The summed E-state index contributed by atoms with van der Waals surface area (Å²) in [5.74, 6) is -1.49. The monoisotopic (exact) mass is 542 g/mol. The van der Waals surface area contributed by atoms with Crippen molar-refractivity contribution in [3.63, 3.8) is 0 Å². The smallest absolute Gasteiger partial charge is 0.335 e. The minimum atomic E-state index is -0.606. The molecule has 10 nitrogen and oxygen atoms in total. The molecule has 3 aliphatic rings. The minimum Gasteiger partial charge on any atom is -0.465 e. The summed E-state index contributed by atoms with van der Waals surface area (Å²) < 4.78 is 21.7. The number of esters is 3. The Labute approximate surface area is 228 Å². The fourth-order valence-corrected chi connectivity index (χ4v) is 7.03. The summed E-state index contributed by atoms with van der Waals surface area (Å²) in [5.41, 5.74) is 6.33. The molecule has 2 aliphatic carbocycles. The van der Waals surface area contributed by atoms with Crippen molar-refractivity contribution in [3.05, 3.63) is 48.0 Å². The first-order chi connectivity index (χ1) is 18.5. The van der Waals surface area contributed by atoms with Gasteiger partial charge in [0.15, 0.2) is 5.76 Å². The molecule has 0 aromatic carbocycles. The Balaban J connectivity index is 1.62. The number of hydrogen-bond acceptors (Lipinski definition) is 9. The van der Waals surface area contributed by atoms with Crippen molar-refractivity contribution in [2.45, 2.75) is 71.9 Å². The summed E-state index contributed by atoms with van der Waals surface area (Å²) in [5, 5.41) is 0. The number of nitrogens with one attached hydrogen (secondary N) is 2. The molecule has 0 spiro atoms. The summed E-state index contributed by atoms with van der Waals surface area (Å²) >= 11 is 0. The lowest BCUT2D eigenvalue weighted by Gasteiger charge is -2.60. The molecule has 10 heteroatoms. The molecule has 2 fully saturated rings. The lowest BCUT2D eigenvalue weighted by molar-refractivity contribution is -0.192. The Hall–Kier alpha value is -3.40. The van der Waals surface area contributed by atoms with E-state index >= 15 is 0 Å². The van der Waals surface area contributed by atoms with Gasteiger partial charge in [0.1, 0.15) is 19.3 Å². The Morgan fingerprint density at radius 3 is 2.59 bits per heavy atom. The molecule has 2 saturated carbocycles. The number of carbonyl (C=O) groups excluding carboxylic acids is 4. The van der Waals surface area contributed by atoms with Crippen LogP contribution in [0.3, 0.4) is 0 Å². The highest BCUT2D eigenvalue weighted by atomic mass is 16.6. The molecule has 1 aromatic heterocycles. The molecule has 6 atom stereocenters. The molecule has 0 bridgehead atoms. The highest BCUT2D eigenvalue weighted by Crippen LogP contribution is 2.62. The predicted molar refractivity (Wildman–Crippen MR) is 140 cm³/mol. The van der Waals surface area contributed by atoms with Gasteiger partial charge in [0, 0.05) is 19.3 Å². The Bertz CT molecular complexity index is 1160. The predicted octanol–water partition coefficient (Wildman–Crippen LogP) is 3.64. The molecule has 1 amide bonds. The normalized spacial score (nSPS) is 31.0. The van der Waals surface area contributed by atoms with Crippen molar-refractivity contribution in [1.82, 2.24) is 10.9 Å². The number of hydrazine groups is 1. The van der Waals surface area contributed by atoms with E-state index in [1.54, 1.807) is 18.2 Å². The molecule has 212 valence electrons. The second-order valence-corrected chi connectivity index (χ2v) is 11.4. The topological polar surface area (TPSA) is 133 Å². The highest BCUT2D eigenvalue weighted by Gasteiger charge is 2.60. The molecule has 1 aliphatic heterocycles. The summed E-state index contributed by atoms with van der Waals surface area (Å²) in [6.45, 7) is 11.7. The highest BCUT2D eigenvalue weighted by molar-refractivity contribution is 5.93. The van der Waals surface area contributed by atoms with Crippen LogP contribution in [0.4, 0.5) is 0 Å². The van der Waals surface area contributed by atoms with E-state index in [9.17, 15) is 19.2 Å². The Morgan fingerprint density at radius 2 is 1.97 bits per heavy atom. The molecule has 1 aromatic rings. The van der Waals surface area contributed by atoms with E-state index in [2.05, 4.69) is 24.4 Å². The van der Waals surface area contributed by atoms with Gasteiger partial charge in [-0.15, -0.1) is 0 Å². The van der Waals surface area contributed by atoms with E-state index in [4.69, 9.17) is 18.6 Å². The van der Waals surface area contributed by atoms with Crippen molar-refractivity contribution >= 4 is 23.8 Å². The van der Waals surface area contributed by atoms with Crippen LogP contribution in [0.25, 0.3) is 0 Å². The maximum Gasteiger partial charge on any atom is 0.335 e. The molecule has 2 heterocycles. The quantitative estimate of drug-likeness (QED) is 0.208. The van der Waals surface area contributed by atoms with Crippen LogP contribution in [0.2, 0.25) is 0 Å². The van der Waals surface area contributed by atoms with E-state index in [1.807, 2.05) is 6.92 Å². The van der Waals surface area contributed by atoms with Gasteiger partial charge in [-0.25, -0.2) is 10.2 Å². The van der Waals surface area contributed by atoms with Gasteiger partial charge >= 0.3 is 23.8 Å². The molecule has 0 radical (unpaired) electrons. The zero-order valence-electron chi connectivity index (χ0n) is 23.0. The lowest BCUT2D eigenvalue weighted by Crippen LogP contribution is -2.59. The van der Waals surface area contributed by atoms with Gasteiger partial charge in [0.2, 0.25) is 0 Å². The second-order valence-electron chi connectivity index (χ2n) is 11.4. The van der Waals surface area contributed by atoms with Crippen molar-refractivity contribution in [2.75, 3.05) is 13.2 Å². The van der Waals surface area contributed by atoms with Crippen LogP contribution < -0.4 is 10.9 Å². The van der Waals surface area contributed by atoms with Crippen LogP contribution in [0.15, 0.2) is 46.6 Å². The largest absolute Gasteiger partial charge is 0.465 e. The van der Waals surface area contributed by atoms with Crippen LogP contribution in [-0.4, -0.2) is 49.2 Å². The van der Waals surface area contributed by atoms with E-state index in [-0.39, 0.29) is 48.2 Å². The maximum atomic E-state index is 12.6. The van der Waals surface area contributed by atoms with E-state index < -0.39 is 29.4 Å². The number of hydrogen-bond donors (Lipinski definition) is 2. The summed E-state index contributed by atoms with van der Waals surface area (Å²) in [6.07, 6.45) is 6.13. The van der Waals surface area contributed by atoms with Gasteiger partial charge < -0.3 is 18.6 Å². The van der Waals surface area contributed by atoms with Crippen molar-refractivity contribution in [3.8, 4) is 0 Å². The first-order valence-electron chi connectivity index (χ1n) is 13.4. The molecular weight excluding hydrogens is 504 g/mol. The number of allylic oxidation sites excluding steroid dienone is 1. The van der Waals surface area contributed by atoms with Gasteiger partial charge in [-0.2, -0.15) is 0 Å². The zero-order valence-corrected chi connectivity index (χ0v) is 23.0. The van der Waals surface area contributed by atoms with Gasteiger partial charge in [-0.1, -0.05) is 26.0 Å². The van der Waals surface area contributed by atoms with E-state index in [0.717, 1.165) is 24.8 Å². The van der Waals surface area contributed by atoms with Crippen molar-refractivity contribution < 1.29 is 37.8 Å². The summed E-state index contributed by atoms with van der Waals surface area (Å²) in [4.78, 5) is 49.0. The average Bonchev–Trinajstić information content (AvgIpc) is 3.56. The molecule has 0 unspecified atom stereocenters. The first-order valence-corrected chi connectivity index (χ1v) is 13.4. The lowest BCUT2D eigenvalue weighted by atomic mass is 9.46. The Morgan fingerprint density at radius 1 is 1.21 bits per heavy atom.